The van der Waals surface area contributed by atoms with E-state index in [0.717, 1.165) is 16.8 Å². The van der Waals surface area contributed by atoms with Gasteiger partial charge in [0.25, 0.3) is 11.6 Å². The average molecular weight is 478 g/mol. The predicted octanol–water partition coefficient (Wildman–Crippen LogP) is 6.08. The lowest BCUT2D eigenvalue weighted by Gasteiger charge is -2.24. The molecular weight excluding hydrogens is 457 g/mol. The predicted molar refractivity (Wildman–Crippen MR) is 128 cm³/mol. The summed E-state index contributed by atoms with van der Waals surface area (Å²) in [5.41, 5.74) is 2.59. The second-order valence-electron chi connectivity index (χ2n) is 7.82. The van der Waals surface area contributed by atoms with Gasteiger partial charge < -0.3 is 9.47 Å². The molecule has 0 atom stereocenters. The van der Waals surface area contributed by atoms with Crippen molar-refractivity contribution in [3.8, 4) is 0 Å². The molecule has 0 unspecified atom stereocenters. The van der Waals surface area contributed by atoms with Crippen LogP contribution >= 0.6 is 11.6 Å². The van der Waals surface area contributed by atoms with Crippen LogP contribution in [0.3, 0.4) is 0 Å². The molecule has 6 nitrogen and oxygen atoms in total. The maximum atomic E-state index is 13.5. The molecule has 3 aromatic carbocycles. The molecule has 0 N–H and O–H groups in total. The maximum absolute atomic E-state index is 13.5. The highest BCUT2D eigenvalue weighted by molar-refractivity contribution is 6.32. The van der Waals surface area contributed by atoms with Gasteiger partial charge >= 0.3 is 0 Å². The van der Waals surface area contributed by atoms with Crippen molar-refractivity contribution in [3.05, 3.63) is 134 Å². The van der Waals surface area contributed by atoms with Crippen molar-refractivity contribution in [2.45, 2.75) is 19.6 Å². The summed E-state index contributed by atoms with van der Waals surface area (Å²) in [6.45, 7) is 1.11. The molecule has 8 heteroatoms. The van der Waals surface area contributed by atoms with Gasteiger partial charge in [-0.15, -0.1) is 0 Å². The van der Waals surface area contributed by atoms with Gasteiger partial charge in [0.1, 0.15) is 10.8 Å². The van der Waals surface area contributed by atoms with Gasteiger partial charge in [0, 0.05) is 36.6 Å². The number of carbonyl (C=O) groups excluding carboxylic acids is 1. The third kappa shape index (κ3) is 5.50. The van der Waals surface area contributed by atoms with Crippen molar-refractivity contribution in [3.63, 3.8) is 0 Å². The van der Waals surface area contributed by atoms with Crippen LogP contribution in [0.25, 0.3) is 0 Å². The number of aromatic nitrogens is 1. The van der Waals surface area contributed by atoms with E-state index in [2.05, 4.69) is 0 Å². The molecule has 0 spiro atoms. The molecule has 0 fully saturated rings. The van der Waals surface area contributed by atoms with E-state index in [0.29, 0.717) is 13.1 Å². The van der Waals surface area contributed by atoms with Crippen molar-refractivity contribution in [1.82, 2.24) is 9.47 Å². The minimum absolute atomic E-state index is 0.0238. The Morgan fingerprint density at radius 3 is 2.38 bits per heavy atom. The first-order chi connectivity index (χ1) is 16.4. The fourth-order valence-corrected chi connectivity index (χ4v) is 3.89. The number of halogens is 2. The molecular formula is C26H21ClFN3O3. The molecule has 4 aromatic rings. The van der Waals surface area contributed by atoms with Gasteiger partial charge in [-0.3, -0.25) is 14.9 Å². The first-order valence-corrected chi connectivity index (χ1v) is 10.9. The lowest BCUT2D eigenvalue weighted by atomic mass is 10.1. The summed E-state index contributed by atoms with van der Waals surface area (Å²) in [5, 5.41) is 11.3. The Morgan fingerprint density at radius 1 is 0.941 bits per heavy atom. The van der Waals surface area contributed by atoms with E-state index in [1.165, 1.54) is 30.3 Å². The van der Waals surface area contributed by atoms with E-state index < -0.39 is 4.92 Å². The molecule has 0 aliphatic carbocycles. The van der Waals surface area contributed by atoms with Crippen molar-refractivity contribution in [2.75, 3.05) is 0 Å². The third-order valence-corrected chi connectivity index (χ3v) is 5.76. The summed E-state index contributed by atoms with van der Waals surface area (Å²) in [6.07, 6.45) is 1.90. The molecule has 0 aliphatic heterocycles. The van der Waals surface area contributed by atoms with Crippen LogP contribution < -0.4 is 0 Å². The normalized spacial score (nSPS) is 10.8. The molecule has 34 heavy (non-hydrogen) atoms. The number of nitro benzene ring substituents is 1. The molecule has 0 saturated carbocycles. The largest absolute Gasteiger partial charge is 0.345 e. The smallest absolute Gasteiger partial charge is 0.288 e. The van der Waals surface area contributed by atoms with Gasteiger partial charge in [-0.1, -0.05) is 54.1 Å². The minimum atomic E-state index is -0.603. The second-order valence-corrected chi connectivity index (χ2v) is 8.23. The van der Waals surface area contributed by atoms with Gasteiger partial charge in [0.15, 0.2) is 0 Å². The lowest BCUT2D eigenvalue weighted by molar-refractivity contribution is -0.384. The standard InChI is InChI=1S/C26H21ClFN3O3/c27-24-13-10-21(15-25(24)31(33)34)26(32)30(17-19-5-2-1-3-6-19)18-23-7-4-14-29(23)16-20-8-11-22(28)12-9-20/h1-15H,16-18H2. The van der Waals surface area contributed by atoms with Crippen LogP contribution in [0.1, 0.15) is 27.2 Å². The van der Waals surface area contributed by atoms with Gasteiger partial charge in [0.05, 0.1) is 11.5 Å². The Kier molecular flexibility index (Phi) is 7.04. The zero-order chi connectivity index (χ0) is 24.1. The van der Waals surface area contributed by atoms with Crippen molar-refractivity contribution >= 4 is 23.2 Å². The number of nitrogens with zero attached hydrogens (tertiary/aromatic N) is 3. The Labute approximate surface area is 201 Å². The number of hydrogen-bond acceptors (Lipinski definition) is 3. The van der Waals surface area contributed by atoms with Crippen LogP contribution in [-0.2, 0) is 19.6 Å². The Balaban J connectivity index is 1.63. The SMILES string of the molecule is O=C(c1ccc(Cl)c([N+](=O)[O-])c1)N(Cc1ccccc1)Cc1cccn1Cc1ccc(F)cc1. The highest BCUT2D eigenvalue weighted by Crippen LogP contribution is 2.26. The van der Waals surface area contributed by atoms with Crippen LogP contribution in [0.4, 0.5) is 10.1 Å². The van der Waals surface area contributed by atoms with Gasteiger partial charge in [0.2, 0.25) is 0 Å². The number of rotatable bonds is 8. The molecule has 1 amide bonds. The summed E-state index contributed by atoms with van der Waals surface area (Å²) in [6, 6.07) is 23.7. The quantitative estimate of drug-likeness (QED) is 0.228. The summed E-state index contributed by atoms with van der Waals surface area (Å²) in [4.78, 5) is 25.8. The van der Waals surface area contributed by atoms with Crippen LogP contribution in [0, 0.1) is 15.9 Å². The Hall–Kier alpha value is -3.97. The molecule has 0 saturated heterocycles. The fourth-order valence-electron chi connectivity index (χ4n) is 3.70. The Morgan fingerprint density at radius 2 is 1.68 bits per heavy atom. The van der Waals surface area contributed by atoms with E-state index in [1.807, 2.05) is 53.2 Å². The molecule has 0 aliphatic rings. The van der Waals surface area contributed by atoms with Gasteiger partial charge in [-0.2, -0.15) is 0 Å². The lowest BCUT2D eigenvalue weighted by Crippen LogP contribution is -2.31. The number of amides is 1. The number of carbonyl (C=O) groups is 1. The minimum Gasteiger partial charge on any atom is -0.345 e. The maximum Gasteiger partial charge on any atom is 0.288 e. The first-order valence-electron chi connectivity index (χ1n) is 10.6. The number of hydrogen-bond donors (Lipinski definition) is 0. The molecule has 1 aromatic heterocycles. The van der Waals surface area contributed by atoms with Gasteiger partial charge in [-0.05, 0) is 47.5 Å². The zero-order valence-corrected chi connectivity index (χ0v) is 18.9. The van der Waals surface area contributed by atoms with E-state index in [1.54, 1.807) is 17.0 Å². The van der Waals surface area contributed by atoms with E-state index in [9.17, 15) is 19.3 Å². The van der Waals surface area contributed by atoms with E-state index in [4.69, 9.17) is 11.6 Å². The van der Waals surface area contributed by atoms with Crippen LogP contribution in [0.5, 0.6) is 0 Å². The third-order valence-electron chi connectivity index (χ3n) is 5.44. The summed E-state index contributed by atoms with van der Waals surface area (Å²) in [7, 11) is 0. The van der Waals surface area contributed by atoms with Crippen molar-refractivity contribution in [2.24, 2.45) is 0 Å². The highest BCUT2D eigenvalue weighted by atomic mass is 35.5. The molecule has 0 radical (unpaired) electrons. The molecule has 172 valence electrons. The molecule has 1 heterocycles. The molecule has 0 bridgehead atoms. The van der Waals surface area contributed by atoms with Crippen LogP contribution in [0.2, 0.25) is 5.02 Å². The summed E-state index contributed by atoms with van der Waals surface area (Å²) >= 11 is 5.93. The van der Waals surface area contributed by atoms with E-state index >= 15 is 0 Å². The van der Waals surface area contributed by atoms with Crippen LogP contribution in [-0.4, -0.2) is 20.3 Å². The van der Waals surface area contributed by atoms with Crippen LogP contribution in [0.15, 0.2) is 91.1 Å². The first kappa shape index (κ1) is 23.2. The van der Waals surface area contributed by atoms with Crippen molar-refractivity contribution in [1.29, 1.82) is 0 Å². The van der Waals surface area contributed by atoms with E-state index in [-0.39, 0.29) is 34.5 Å². The summed E-state index contributed by atoms with van der Waals surface area (Å²) < 4.78 is 15.3. The van der Waals surface area contributed by atoms with Gasteiger partial charge in [-0.25, -0.2) is 4.39 Å². The topological polar surface area (TPSA) is 68.4 Å². The van der Waals surface area contributed by atoms with Crippen molar-refractivity contribution < 1.29 is 14.1 Å². The highest BCUT2D eigenvalue weighted by Gasteiger charge is 2.22. The zero-order valence-electron chi connectivity index (χ0n) is 18.1. The number of nitro groups is 1. The fraction of sp³-hybridized carbons (Fsp3) is 0.115. The second kappa shape index (κ2) is 10.3. The summed E-state index contributed by atoms with van der Waals surface area (Å²) in [5.74, 6) is -0.647. The molecule has 4 rings (SSSR count). The number of benzene rings is 3. The average Bonchev–Trinajstić information content (AvgIpc) is 3.27. The monoisotopic (exact) mass is 477 g/mol. The Bertz CT molecular complexity index is 1310.